The van der Waals surface area contributed by atoms with Crippen molar-refractivity contribution >= 4 is 11.6 Å². The largest absolute Gasteiger partial charge is 0.326 e. The Labute approximate surface area is 92.2 Å². The molecule has 5 heteroatoms. The van der Waals surface area contributed by atoms with Gasteiger partial charge in [-0.1, -0.05) is 11.6 Å². The zero-order valence-electron chi connectivity index (χ0n) is 7.89. The van der Waals surface area contributed by atoms with E-state index >= 15 is 0 Å². The smallest absolute Gasteiger partial charge is 0.178 e. The van der Waals surface area contributed by atoms with Crippen molar-refractivity contribution in [2.75, 3.05) is 0 Å². The monoisotopic (exact) mass is 220 g/mol. The van der Waals surface area contributed by atoms with Crippen LogP contribution >= 0.6 is 11.6 Å². The van der Waals surface area contributed by atoms with E-state index in [2.05, 4.69) is 15.0 Å². The number of rotatable bonds is 2. The molecule has 0 bridgehead atoms. The SMILES string of the molecule is NCc1cnc(-c2ccc(Cl)cn2)nc1. The topological polar surface area (TPSA) is 64.7 Å². The van der Waals surface area contributed by atoms with Crippen molar-refractivity contribution in [3.8, 4) is 11.5 Å². The lowest BCUT2D eigenvalue weighted by Gasteiger charge is -2.00. The normalized spacial score (nSPS) is 10.3. The molecule has 2 aromatic heterocycles. The van der Waals surface area contributed by atoms with Gasteiger partial charge in [0.1, 0.15) is 5.69 Å². The van der Waals surface area contributed by atoms with Crippen LogP contribution in [0.15, 0.2) is 30.7 Å². The van der Waals surface area contributed by atoms with Crippen molar-refractivity contribution in [1.82, 2.24) is 15.0 Å². The Balaban J connectivity index is 2.33. The molecule has 2 rings (SSSR count). The molecule has 15 heavy (non-hydrogen) atoms. The molecular formula is C10H9ClN4. The molecule has 0 unspecified atom stereocenters. The van der Waals surface area contributed by atoms with Crippen molar-refractivity contribution in [3.63, 3.8) is 0 Å². The Morgan fingerprint density at radius 2 is 1.80 bits per heavy atom. The van der Waals surface area contributed by atoms with Gasteiger partial charge in [-0.15, -0.1) is 0 Å². The average Bonchev–Trinajstić information content (AvgIpc) is 2.30. The van der Waals surface area contributed by atoms with Gasteiger partial charge >= 0.3 is 0 Å². The third-order valence-corrected chi connectivity index (χ3v) is 2.12. The molecule has 0 aliphatic rings. The van der Waals surface area contributed by atoms with Crippen LogP contribution in [0, 0.1) is 0 Å². The van der Waals surface area contributed by atoms with Crippen molar-refractivity contribution < 1.29 is 0 Å². The molecule has 0 aromatic carbocycles. The van der Waals surface area contributed by atoms with E-state index in [0.29, 0.717) is 23.1 Å². The first-order valence-electron chi connectivity index (χ1n) is 4.42. The standard InChI is InChI=1S/C10H9ClN4/c11-8-1-2-9(13-6-8)10-14-4-7(3-12)5-15-10/h1-2,4-6H,3,12H2. The molecular weight excluding hydrogens is 212 g/mol. The highest BCUT2D eigenvalue weighted by Crippen LogP contribution is 2.13. The van der Waals surface area contributed by atoms with Crippen molar-refractivity contribution in [3.05, 3.63) is 41.3 Å². The minimum Gasteiger partial charge on any atom is -0.326 e. The Bertz CT molecular complexity index is 438. The summed E-state index contributed by atoms with van der Waals surface area (Å²) in [7, 11) is 0. The van der Waals surface area contributed by atoms with Gasteiger partial charge in [-0.2, -0.15) is 0 Å². The second-order valence-electron chi connectivity index (χ2n) is 2.98. The van der Waals surface area contributed by atoms with Crippen LogP contribution in [-0.4, -0.2) is 15.0 Å². The number of halogens is 1. The number of pyridine rings is 1. The van der Waals surface area contributed by atoms with Crippen LogP contribution in [0.4, 0.5) is 0 Å². The van der Waals surface area contributed by atoms with Gasteiger partial charge in [0.25, 0.3) is 0 Å². The number of nitrogens with zero attached hydrogens (tertiary/aromatic N) is 3. The number of aromatic nitrogens is 3. The molecule has 0 atom stereocenters. The molecule has 0 aliphatic heterocycles. The molecule has 76 valence electrons. The first kappa shape index (κ1) is 10.0. The molecule has 0 spiro atoms. The molecule has 0 fully saturated rings. The zero-order valence-corrected chi connectivity index (χ0v) is 8.65. The lowest BCUT2D eigenvalue weighted by Crippen LogP contribution is -1.99. The summed E-state index contributed by atoms with van der Waals surface area (Å²) in [4.78, 5) is 12.4. The van der Waals surface area contributed by atoms with E-state index < -0.39 is 0 Å². The fourth-order valence-corrected chi connectivity index (χ4v) is 1.21. The van der Waals surface area contributed by atoms with Gasteiger partial charge in [0, 0.05) is 30.7 Å². The van der Waals surface area contributed by atoms with Crippen LogP contribution in [0.5, 0.6) is 0 Å². The molecule has 2 aromatic rings. The van der Waals surface area contributed by atoms with Gasteiger partial charge in [-0.05, 0) is 12.1 Å². The highest BCUT2D eigenvalue weighted by atomic mass is 35.5. The minimum absolute atomic E-state index is 0.439. The second kappa shape index (κ2) is 4.33. The van der Waals surface area contributed by atoms with Gasteiger partial charge in [0.05, 0.1) is 5.02 Å². The summed E-state index contributed by atoms with van der Waals surface area (Å²) in [5, 5.41) is 0.595. The third-order valence-electron chi connectivity index (χ3n) is 1.90. The molecule has 0 saturated carbocycles. The highest BCUT2D eigenvalue weighted by Gasteiger charge is 2.01. The van der Waals surface area contributed by atoms with Crippen molar-refractivity contribution in [2.45, 2.75) is 6.54 Å². The molecule has 2 N–H and O–H groups in total. The van der Waals surface area contributed by atoms with Gasteiger partial charge in [-0.3, -0.25) is 4.98 Å². The minimum atomic E-state index is 0.439. The van der Waals surface area contributed by atoms with E-state index in [9.17, 15) is 0 Å². The second-order valence-corrected chi connectivity index (χ2v) is 3.42. The molecule has 2 heterocycles. The van der Waals surface area contributed by atoms with Crippen LogP contribution in [0.1, 0.15) is 5.56 Å². The number of hydrogen-bond donors (Lipinski definition) is 1. The van der Waals surface area contributed by atoms with Crippen LogP contribution in [0.25, 0.3) is 11.5 Å². The Morgan fingerprint density at radius 1 is 1.07 bits per heavy atom. The molecule has 0 aliphatic carbocycles. The summed E-state index contributed by atoms with van der Waals surface area (Å²) in [5.74, 6) is 0.573. The lowest BCUT2D eigenvalue weighted by molar-refractivity contribution is 1.01. The van der Waals surface area contributed by atoms with Gasteiger partial charge in [0.2, 0.25) is 0 Å². The van der Waals surface area contributed by atoms with Gasteiger partial charge in [0.15, 0.2) is 5.82 Å². The summed E-state index contributed by atoms with van der Waals surface area (Å²) in [5.41, 5.74) is 7.04. The quantitative estimate of drug-likeness (QED) is 0.836. The molecule has 0 radical (unpaired) electrons. The van der Waals surface area contributed by atoms with Crippen LogP contribution in [-0.2, 0) is 6.54 Å². The number of nitrogens with two attached hydrogens (primary N) is 1. The maximum absolute atomic E-state index is 5.73. The van der Waals surface area contributed by atoms with Gasteiger partial charge < -0.3 is 5.73 Å². The first-order chi connectivity index (χ1) is 7.29. The average molecular weight is 221 g/mol. The number of hydrogen-bond acceptors (Lipinski definition) is 4. The summed E-state index contributed by atoms with van der Waals surface area (Å²) < 4.78 is 0. The Morgan fingerprint density at radius 3 is 2.33 bits per heavy atom. The third kappa shape index (κ3) is 2.29. The van der Waals surface area contributed by atoms with Crippen LogP contribution < -0.4 is 5.73 Å². The van der Waals surface area contributed by atoms with E-state index in [-0.39, 0.29) is 0 Å². The van der Waals surface area contributed by atoms with Crippen molar-refractivity contribution in [2.24, 2.45) is 5.73 Å². The lowest BCUT2D eigenvalue weighted by atomic mass is 10.3. The predicted molar refractivity (Wildman–Crippen MR) is 58.2 cm³/mol. The van der Waals surface area contributed by atoms with Gasteiger partial charge in [-0.25, -0.2) is 9.97 Å². The summed E-state index contributed by atoms with van der Waals surface area (Å²) >= 11 is 5.73. The molecule has 0 saturated heterocycles. The highest BCUT2D eigenvalue weighted by molar-refractivity contribution is 6.30. The maximum Gasteiger partial charge on any atom is 0.178 e. The Kier molecular flexibility index (Phi) is 2.89. The van der Waals surface area contributed by atoms with Crippen LogP contribution in [0.2, 0.25) is 5.02 Å². The summed E-state index contributed by atoms with van der Waals surface area (Å²) in [6.07, 6.45) is 4.95. The van der Waals surface area contributed by atoms with Crippen LogP contribution in [0.3, 0.4) is 0 Å². The predicted octanol–water partition coefficient (Wildman–Crippen LogP) is 1.65. The zero-order chi connectivity index (χ0) is 10.7. The Hall–Kier alpha value is -1.52. The molecule has 0 amide bonds. The van der Waals surface area contributed by atoms with E-state index in [0.717, 1.165) is 5.56 Å². The van der Waals surface area contributed by atoms with E-state index in [1.807, 2.05) is 0 Å². The molecule has 4 nitrogen and oxygen atoms in total. The maximum atomic E-state index is 5.73. The van der Waals surface area contributed by atoms with E-state index in [1.54, 1.807) is 30.7 Å². The first-order valence-corrected chi connectivity index (χ1v) is 4.80. The van der Waals surface area contributed by atoms with Crippen molar-refractivity contribution in [1.29, 1.82) is 0 Å². The van der Waals surface area contributed by atoms with E-state index in [4.69, 9.17) is 17.3 Å². The summed E-state index contributed by atoms with van der Waals surface area (Å²) in [6.45, 7) is 0.439. The summed E-state index contributed by atoms with van der Waals surface area (Å²) in [6, 6.07) is 3.53. The van der Waals surface area contributed by atoms with E-state index in [1.165, 1.54) is 0 Å². The fraction of sp³-hybridized carbons (Fsp3) is 0.100. The fourth-order valence-electron chi connectivity index (χ4n) is 1.10.